The van der Waals surface area contributed by atoms with Crippen molar-refractivity contribution in [2.24, 2.45) is 5.41 Å². The molecule has 1 amide bonds. The Bertz CT molecular complexity index is 801. The highest BCUT2D eigenvalue weighted by Gasteiger charge is 2.41. The molecule has 2 aliphatic heterocycles. The third kappa shape index (κ3) is 4.02. The van der Waals surface area contributed by atoms with Gasteiger partial charge in [0.1, 0.15) is 0 Å². The number of hydrogen-bond acceptors (Lipinski definition) is 3. The van der Waals surface area contributed by atoms with Crippen molar-refractivity contribution in [1.82, 2.24) is 9.80 Å². The Morgan fingerprint density at radius 3 is 2.78 bits per heavy atom. The first-order chi connectivity index (χ1) is 13.2. The number of amides is 1. The molecule has 2 aromatic carbocycles. The van der Waals surface area contributed by atoms with Crippen LogP contribution in [0.4, 0.5) is 0 Å². The second kappa shape index (κ2) is 7.99. The first kappa shape index (κ1) is 18.5. The van der Waals surface area contributed by atoms with Gasteiger partial charge in [-0.3, -0.25) is 9.69 Å². The molecule has 1 atom stereocenters. The maximum Gasteiger partial charge on any atom is 0.222 e. The van der Waals surface area contributed by atoms with Crippen LogP contribution in [0.3, 0.4) is 0 Å². The van der Waals surface area contributed by atoms with E-state index in [4.69, 9.17) is 5.11 Å². The number of fused-ring (bicyclic) bond motifs is 1. The quantitative estimate of drug-likeness (QED) is 0.882. The Labute approximate surface area is 161 Å². The van der Waals surface area contributed by atoms with Crippen LogP contribution in [0.2, 0.25) is 0 Å². The van der Waals surface area contributed by atoms with Crippen molar-refractivity contribution in [3.05, 3.63) is 48.0 Å². The van der Waals surface area contributed by atoms with Gasteiger partial charge in [-0.05, 0) is 48.6 Å². The monoisotopic (exact) mass is 366 g/mol. The van der Waals surface area contributed by atoms with Crippen molar-refractivity contribution < 1.29 is 9.90 Å². The minimum Gasteiger partial charge on any atom is -0.396 e. The predicted octanol–water partition coefficient (Wildman–Crippen LogP) is 3.43. The summed E-state index contributed by atoms with van der Waals surface area (Å²) in [4.78, 5) is 16.9. The third-order valence-electron chi connectivity index (χ3n) is 6.35. The minimum atomic E-state index is 0.157. The molecule has 2 saturated heterocycles. The number of benzene rings is 2. The zero-order valence-corrected chi connectivity index (χ0v) is 16.1. The molecule has 2 aromatic rings. The van der Waals surface area contributed by atoms with Gasteiger partial charge in [0.05, 0.1) is 0 Å². The Morgan fingerprint density at radius 1 is 1.04 bits per heavy atom. The number of nitrogens with zero attached hydrogens (tertiary/aromatic N) is 2. The summed E-state index contributed by atoms with van der Waals surface area (Å²) in [6.45, 7) is 4.89. The Morgan fingerprint density at radius 2 is 1.89 bits per heavy atom. The van der Waals surface area contributed by atoms with E-state index in [-0.39, 0.29) is 17.9 Å². The van der Waals surface area contributed by atoms with Crippen LogP contribution in [-0.2, 0) is 11.3 Å². The van der Waals surface area contributed by atoms with Crippen LogP contribution < -0.4 is 0 Å². The highest BCUT2D eigenvalue weighted by molar-refractivity contribution is 5.85. The molecule has 0 bridgehead atoms. The molecule has 0 radical (unpaired) electrons. The molecule has 2 aliphatic rings. The molecule has 0 aliphatic carbocycles. The van der Waals surface area contributed by atoms with Crippen molar-refractivity contribution in [1.29, 1.82) is 0 Å². The lowest BCUT2D eigenvalue weighted by Crippen LogP contribution is -2.54. The van der Waals surface area contributed by atoms with Crippen molar-refractivity contribution in [2.75, 3.05) is 32.8 Å². The first-order valence-corrected chi connectivity index (χ1v) is 10.3. The highest BCUT2D eigenvalue weighted by Crippen LogP contribution is 2.39. The molecular formula is C23H30N2O2. The summed E-state index contributed by atoms with van der Waals surface area (Å²) in [5, 5.41) is 11.8. The van der Waals surface area contributed by atoms with Crippen LogP contribution in [0.15, 0.2) is 42.5 Å². The second-order valence-corrected chi connectivity index (χ2v) is 8.34. The van der Waals surface area contributed by atoms with Crippen LogP contribution in [0.1, 0.15) is 37.7 Å². The van der Waals surface area contributed by atoms with Gasteiger partial charge in [-0.15, -0.1) is 0 Å². The lowest BCUT2D eigenvalue weighted by Gasteiger charge is -2.48. The van der Waals surface area contributed by atoms with Gasteiger partial charge >= 0.3 is 0 Å². The lowest BCUT2D eigenvalue weighted by atomic mass is 9.73. The van der Waals surface area contributed by atoms with Crippen LogP contribution in [0.25, 0.3) is 10.8 Å². The summed E-state index contributed by atoms with van der Waals surface area (Å²) in [5.74, 6) is 0.264. The van der Waals surface area contributed by atoms with E-state index in [9.17, 15) is 4.79 Å². The van der Waals surface area contributed by atoms with Crippen LogP contribution >= 0.6 is 0 Å². The zero-order chi connectivity index (χ0) is 18.7. The Balaban J connectivity index is 1.48. The van der Waals surface area contributed by atoms with E-state index in [1.807, 2.05) is 4.90 Å². The molecule has 4 heteroatoms. The van der Waals surface area contributed by atoms with Gasteiger partial charge in [-0.2, -0.15) is 0 Å². The summed E-state index contributed by atoms with van der Waals surface area (Å²) >= 11 is 0. The number of hydrogen-bond donors (Lipinski definition) is 1. The van der Waals surface area contributed by atoms with E-state index in [1.165, 1.54) is 29.2 Å². The van der Waals surface area contributed by atoms with E-state index in [0.717, 1.165) is 32.6 Å². The number of carbonyl (C=O) groups is 1. The molecule has 2 fully saturated rings. The van der Waals surface area contributed by atoms with Gasteiger partial charge in [-0.1, -0.05) is 42.5 Å². The molecule has 0 aromatic heterocycles. The number of carbonyl (C=O) groups excluding carboxylic acids is 1. The van der Waals surface area contributed by atoms with E-state index < -0.39 is 0 Å². The van der Waals surface area contributed by atoms with Crippen LogP contribution in [-0.4, -0.2) is 53.6 Å². The minimum absolute atomic E-state index is 0.157. The molecule has 2 heterocycles. The van der Waals surface area contributed by atoms with Gasteiger partial charge in [0, 0.05) is 44.6 Å². The van der Waals surface area contributed by atoms with Crippen molar-refractivity contribution in [3.63, 3.8) is 0 Å². The fourth-order valence-electron chi connectivity index (χ4n) is 5.02. The van der Waals surface area contributed by atoms with Crippen molar-refractivity contribution in [3.8, 4) is 0 Å². The van der Waals surface area contributed by atoms with E-state index in [2.05, 4.69) is 47.4 Å². The largest absolute Gasteiger partial charge is 0.396 e. The third-order valence-corrected chi connectivity index (χ3v) is 6.35. The van der Waals surface area contributed by atoms with Gasteiger partial charge < -0.3 is 10.0 Å². The molecule has 0 saturated carbocycles. The maximum absolute atomic E-state index is 12.3. The fraction of sp³-hybridized carbons (Fsp3) is 0.522. The number of rotatable bonds is 5. The maximum atomic E-state index is 12.3. The number of aliphatic hydroxyl groups excluding tert-OH is 1. The van der Waals surface area contributed by atoms with Gasteiger partial charge in [0.25, 0.3) is 0 Å². The van der Waals surface area contributed by atoms with Crippen LogP contribution in [0, 0.1) is 5.41 Å². The average Bonchev–Trinajstić information content (AvgIpc) is 2.69. The molecule has 1 spiro atoms. The summed E-state index contributed by atoms with van der Waals surface area (Å²) < 4.78 is 0. The summed E-state index contributed by atoms with van der Waals surface area (Å²) in [5.41, 5.74) is 1.63. The van der Waals surface area contributed by atoms with E-state index in [0.29, 0.717) is 19.4 Å². The van der Waals surface area contributed by atoms with Gasteiger partial charge in [0.15, 0.2) is 0 Å². The molecular weight excluding hydrogens is 336 g/mol. The average molecular weight is 367 g/mol. The molecule has 4 nitrogen and oxygen atoms in total. The Hall–Kier alpha value is -1.91. The van der Waals surface area contributed by atoms with Gasteiger partial charge in [0.2, 0.25) is 5.91 Å². The first-order valence-electron chi connectivity index (χ1n) is 10.3. The lowest BCUT2D eigenvalue weighted by molar-refractivity contribution is -0.139. The van der Waals surface area contributed by atoms with Crippen molar-refractivity contribution in [2.45, 2.75) is 38.6 Å². The van der Waals surface area contributed by atoms with Gasteiger partial charge in [-0.25, -0.2) is 0 Å². The smallest absolute Gasteiger partial charge is 0.222 e. The topological polar surface area (TPSA) is 43.8 Å². The highest BCUT2D eigenvalue weighted by atomic mass is 16.3. The predicted molar refractivity (Wildman–Crippen MR) is 108 cm³/mol. The summed E-state index contributed by atoms with van der Waals surface area (Å²) in [7, 11) is 0. The second-order valence-electron chi connectivity index (χ2n) is 8.34. The molecule has 1 N–H and O–H groups in total. The zero-order valence-electron chi connectivity index (χ0n) is 16.1. The summed E-state index contributed by atoms with van der Waals surface area (Å²) in [6, 6.07) is 15.2. The van der Waals surface area contributed by atoms with Crippen LogP contribution in [0.5, 0.6) is 0 Å². The number of aliphatic hydroxyl groups is 1. The fourth-order valence-corrected chi connectivity index (χ4v) is 5.02. The normalized spacial score (nSPS) is 24.0. The van der Waals surface area contributed by atoms with E-state index in [1.54, 1.807) is 0 Å². The molecule has 1 unspecified atom stereocenters. The van der Waals surface area contributed by atoms with E-state index >= 15 is 0 Å². The summed E-state index contributed by atoms with van der Waals surface area (Å²) in [6.07, 6.45) is 4.76. The molecule has 144 valence electrons. The molecule has 27 heavy (non-hydrogen) atoms. The number of piperidine rings is 2. The SMILES string of the molecule is O=C1CCC2(CCCN(Cc3cccc4ccccc34)C2)CN1CCCO. The number of likely N-dealkylation sites (tertiary alicyclic amines) is 2. The van der Waals surface area contributed by atoms with Crippen molar-refractivity contribution >= 4 is 16.7 Å². The Kier molecular flexibility index (Phi) is 5.46. The standard InChI is InChI=1S/C23H30N2O2/c26-15-5-14-25-18-23(12-10-22(25)27)11-4-13-24(17-23)16-20-8-3-7-19-6-1-2-9-21(19)20/h1-3,6-9,26H,4-5,10-18H2. The molecule has 4 rings (SSSR count).